The van der Waals surface area contributed by atoms with E-state index in [1.54, 1.807) is 0 Å². The predicted molar refractivity (Wildman–Crippen MR) is 89.8 cm³/mol. The Hall–Kier alpha value is -1.18. The van der Waals surface area contributed by atoms with E-state index in [9.17, 15) is 0 Å². The molecule has 20 heavy (non-hydrogen) atoms. The maximum atomic E-state index is 4.70. The van der Waals surface area contributed by atoms with Gasteiger partial charge in [-0.25, -0.2) is 15.0 Å². The Morgan fingerprint density at radius 3 is 2.70 bits per heavy atom. The van der Waals surface area contributed by atoms with Crippen molar-refractivity contribution < 1.29 is 0 Å². The number of anilines is 1. The number of hydrogen-bond acceptors (Lipinski definition) is 4. The second kappa shape index (κ2) is 7.01. The molecule has 2 aromatic rings. The fourth-order valence-corrected chi connectivity index (χ4v) is 2.87. The molecule has 2 heterocycles. The van der Waals surface area contributed by atoms with Crippen molar-refractivity contribution in [3.8, 4) is 11.5 Å². The molecule has 0 amide bonds. The number of imidazole rings is 1. The van der Waals surface area contributed by atoms with Gasteiger partial charge in [0.2, 0.25) is 0 Å². The van der Waals surface area contributed by atoms with Gasteiger partial charge in [0.05, 0.1) is 21.8 Å². The third kappa shape index (κ3) is 3.11. The molecule has 0 atom stereocenters. The molecule has 0 aromatic carbocycles. The van der Waals surface area contributed by atoms with Crippen molar-refractivity contribution in [2.75, 3.05) is 11.9 Å². The summed E-state index contributed by atoms with van der Waals surface area (Å²) in [5.74, 6) is 1.67. The standard InChI is InChI=1S/C14H20IN5/c1-4-7-20-9-16-8-11(20)13-18-10(5-2)12(15)14(19-13)17-6-3/h8-9H,4-7H2,1-3H3,(H,17,18,19). The first-order valence-electron chi connectivity index (χ1n) is 7.01. The highest BCUT2D eigenvalue weighted by molar-refractivity contribution is 14.1. The van der Waals surface area contributed by atoms with Crippen LogP contribution in [0.5, 0.6) is 0 Å². The van der Waals surface area contributed by atoms with Crippen LogP contribution < -0.4 is 5.32 Å². The summed E-state index contributed by atoms with van der Waals surface area (Å²) in [6.07, 6.45) is 5.65. The highest BCUT2D eigenvalue weighted by Crippen LogP contribution is 2.24. The van der Waals surface area contributed by atoms with Gasteiger partial charge >= 0.3 is 0 Å². The summed E-state index contributed by atoms with van der Waals surface area (Å²) >= 11 is 2.31. The summed E-state index contributed by atoms with van der Waals surface area (Å²) in [4.78, 5) is 13.6. The SMILES string of the molecule is CCCn1cncc1-c1nc(CC)c(I)c(NCC)n1. The molecule has 0 aliphatic rings. The predicted octanol–water partition coefficient (Wildman–Crippen LogP) is 3.35. The number of hydrogen-bond donors (Lipinski definition) is 1. The molecule has 0 fully saturated rings. The molecule has 0 bridgehead atoms. The molecule has 2 aromatic heterocycles. The number of nitrogens with one attached hydrogen (secondary N) is 1. The van der Waals surface area contributed by atoms with Crippen molar-refractivity contribution in [3.05, 3.63) is 21.8 Å². The van der Waals surface area contributed by atoms with Crippen LogP contribution in [-0.2, 0) is 13.0 Å². The van der Waals surface area contributed by atoms with E-state index in [0.717, 1.165) is 52.5 Å². The monoisotopic (exact) mass is 385 g/mol. The van der Waals surface area contributed by atoms with Crippen LogP contribution in [0.1, 0.15) is 32.9 Å². The fourth-order valence-electron chi connectivity index (χ4n) is 2.05. The summed E-state index contributed by atoms with van der Waals surface area (Å²) < 4.78 is 3.22. The molecule has 0 spiro atoms. The highest BCUT2D eigenvalue weighted by Gasteiger charge is 2.14. The maximum Gasteiger partial charge on any atom is 0.180 e. The van der Waals surface area contributed by atoms with Gasteiger partial charge in [0, 0.05) is 13.1 Å². The summed E-state index contributed by atoms with van der Waals surface area (Å²) in [6, 6.07) is 0. The lowest BCUT2D eigenvalue weighted by Gasteiger charge is -2.12. The van der Waals surface area contributed by atoms with Gasteiger partial charge in [-0.3, -0.25) is 0 Å². The second-order valence-corrected chi connectivity index (χ2v) is 5.59. The van der Waals surface area contributed by atoms with Crippen molar-refractivity contribution in [1.82, 2.24) is 19.5 Å². The Bertz CT molecular complexity index is 579. The Labute approximate surface area is 133 Å². The molecule has 0 aliphatic heterocycles. The molecule has 0 saturated carbocycles. The molecule has 5 nitrogen and oxygen atoms in total. The van der Waals surface area contributed by atoms with E-state index >= 15 is 0 Å². The first-order chi connectivity index (χ1) is 9.71. The minimum atomic E-state index is 0.754. The van der Waals surface area contributed by atoms with E-state index in [2.05, 4.69) is 63.2 Å². The van der Waals surface area contributed by atoms with Crippen molar-refractivity contribution in [3.63, 3.8) is 0 Å². The molecule has 1 N–H and O–H groups in total. The quantitative estimate of drug-likeness (QED) is 0.775. The molecule has 108 valence electrons. The summed E-state index contributed by atoms with van der Waals surface area (Å²) in [6.45, 7) is 8.13. The van der Waals surface area contributed by atoms with Crippen molar-refractivity contribution in [1.29, 1.82) is 0 Å². The highest BCUT2D eigenvalue weighted by atomic mass is 127. The van der Waals surface area contributed by atoms with Gasteiger partial charge in [0.25, 0.3) is 0 Å². The van der Waals surface area contributed by atoms with Crippen LogP contribution in [0.3, 0.4) is 0 Å². The molecule has 6 heteroatoms. The van der Waals surface area contributed by atoms with Gasteiger partial charge in [-0.1, -0.05) is 13.8 Å². The van der Waals surface area contributed by atoms with Gasteiger partial charge in [0.1, 0.15) is 11.5 Å². The third-order valence-corrected chi connectivity index (χ3v) is 4.14. The number of aromatic nitrogens is 4. The van der Waals surface area contributed by atoms with Crippen LogP contribution >= 0.6 is 22.6 Å². The van der Waals surface area contributed by atoms with Crippen LogP contribution in [0.25, 0.3) is 11.5 Å². The zero-order chi connectivity index (χ0) is 14.5. The van der Waals surface area contributed by atoms with Gasteiger partial charge in [-0.05, 0) is 42.4 Å². The average Bonchev–Trinajstić information content (AvgIpc) is 2.90. The topological polar surface area (TPSA) is 55.6 Å². The maximum absolute atomic E-state index is 4.70. The fraction of sp³-hybridized carbons (Fsp3) is 0.500. The minimum absolute atomic E-state index is 0.754. The second-order valence-electron chi connectivity index (χ2n) is 4.51. The zero-order valence-electron chi connectivity index (χ0n) is 12.1. The van der Waals surface area contributed by atoms with E-state index in [0.29, 0.717) is 0 Å². The van der Waals surface area contributed by atoms with Gasteiger partial charge in [-0.2, -0.15) is 0 Å². The Morgan fingerprint density at radius 2 is 2.05 bits per heavy atom. The van der Waals surface area contributed by atoms with Gasteiger partial charge in [-0.15, -0.1) is 0 Å². The largest absolute Gasteiger partial charge is 0.369 e. The summed E-state index contributed by atoms with van der Waals surface area (Å²) in [5.41, 5.74) is 2.06. The van der Waals surface area contributed by atoms with Crippen LogP contribution in [0, 0.1) is 3.57 Å². The minimum Gasteiger partial charge on any atom is -0.369 e. The van der Waals surface area contributed by atoms with Gasteiger partial charge < -0.3 is 9.88 Å². The molecule has 0 saturated heterocycles. The van der Waals surface area contributed by atoms with Crippen LogP contribution in [-0.4, -0.2) is 26.1 Å². The van der Waals surface area contributed by atoms with E-state index in [1.165, 1.54) is 0 Å². The Kier molecular flexibility index (Phi) is 5.33. The van der Waals surface area contributed by atoms with Gasteiger partial charge in [0.15, 0.2) is 5.82 Å². The zero-order valence-corrected chi connectivity index (χ0v) is 14.3. The van der Waals surface area contributed by atoms with Crippen LogP contribution in [0.4, 0.5) is 5.82 Å². The van der Waals surface area contributed by atoms with E-state index in [4.69, 9.17) is 4.98 Å². The van der Waals surface area contributed by atoms with Crippen LogP contribution in [0.15, 0.2) is 12.5 Å². The Morgan fingerprint density at radius 1 is 1.25 bits per heavy atom. The van der Waals surface area contributed by atoms with E-state index in [-0.39, 0.29) is 0 Å². The molecule has 2 rings (SSSR count). The average molecular weight is 385 g/mol. The van der Waals surface area contributed by atoms with Crippen molar-refractivity contribution in [2.24, 2.45) is 0 Å². The third-order valence-electron chi connectivity index (χ3n) is 3.00. The van der Waals surface area contributed by atoms with E-state index in [1.807, 2.05) is 12.5 Å². The summed E-state index contributed by atoms with van der Waals surface area (Å²) in [5, 5.41) is 3.32. The summed E-state index contributed by atoms with van der Waals surface area (Å²) in [7, 11) is 0. The normalized spacial score (nSPS) is 10.8. The number of rotatable bonds is 6. The molecular formula is C14H20IN5. The smallest absolute Gasteiger partial charge is 0.180 e. The molecule has 0 aliphatic carbocycles. The lowest BCUT2D eigenvalue weighted by atomic mass is 10.3. The molecule has 0 unspecified atom stereocenters. The first kappa shape index (κ1) is 15.2. The van der Waals surface area contributed by atoms with E-state index < -0.39 is 0 Å². The lowest BCUT2D eigenvalue weighted by molar-refractivity contribution is 0.681. The number of aryl methyl sites for hydroxylation is 2. The molecule has 0 radical (unpaired) electrons. The Balaban J connectivity index is 2.50. The van der Waals surface area contributed by atoms with Crippen LogP contribution in [0.2, 0.25) is 0 Å². The number of nitrogens with zero attached hydrogens (tertiary/aromatic N) is 4. The first-order valence-corrected chi connectivity index (χ1v) is 8.09. The van der Waals surface area contributed by atoms with Crippen molar-refractivity contribution in [2.45, 2.75) is 40.2 Å². The lowest BCUT2D eigenvalue weighted by Crippen LogP contribution is -2.09. The molecular weight excluding hydrogens is 365 g/mol. The van der Waals surface area contributed by atoms with Crippen molar-refractivity contribution >= 4 is 28.4 Å². The number of halogens is 1.